The quantitative estimate of drug-likeness (QED) is 0.573. The molecular formula is C11H14O. The summed E-state index contributed by atoms with van der Waals surface area (Å²) in [4.78, 5) is 10.2. The Bertz CT molecular complexity index is 181. The van der Waals surface area contributed by atoms with Crippen LogP contribution in [0.25, 0.3) is 0 Å². The summed E-state index contributed by atoms with van der Waals surface area (Å²) in [7, 11) is 0. The Labute approximate surface area is 73.4 Å². The monoisotopic (exact) mass is 162 g/mol. The van der Waals surface area contributed by atoms with E-state index in [9.17, 15) is 4.79 Å². The zero-order valence-electron chi connectivity index (χ0n) is 7.20. The Balaban J connectivity index is 0.000000120. The molecular weight excluding hydrogens is 148 g/mol. The Morgan fingerprint density at radius 1 is 0.750 bits per heavy atom. The van der Waals surface area contributed by atoms with Crippen LogP contribution in [-0.2, 0) is 4.79 Å². The zero-order chi connectivity index (χ0) is 8.65. The molecule has 0 heterocycles. The lowest BCUT2D eigenvalue weighted by Crippen LogP contribution is -1.81. The van der Waals surface area contributed by atoms with Gasteiger partial charge in [-0.2, -0.15) is 0 Å². The lowest BCUT2D eigenvalue weighted by atomic mass is 10.4. The molecule has 0 N–H and O–H groups in total. The van der Waals surface area contributed by atoms with Gasteiger partial charge in [-0.05, 0) is 12.8 Å². The highest BCUT2D eigenvalue weighted by Gasteiger charge is 2.07. The number of carbonyl (C=O) groups is 1. The number of hydrogen-bond donors (Lipinski definition) is 0. The molecule has 0 aromatic heterocycles. The number of rotatable bonds is 0. The molecule has 0 aliphatic heterocycles. The molecule has 1 aliphatic carbocycles. The topological polar surface area (TPSA) is 17.1 Å². The van der Waals surface area contributed by atoms with Gasteiger partial charge in [0.1, 0.15) is 5.78 Å². The van der Waals surface area contributed by atoms with Crippen LogP contribution in [0.15, 0.2) is 36.4 Å². The van der Waals surface area contributed by atoms with E-state index in [1.54, 1.807) is 0 Å². The van der Waals surface area contributed by atoms with Gasteiger partial charge in [0.05, 0.1) is 0 Å². The molecule has 0 amide bonds. The maximum atomic E-state index is 10.2. The van der Waals surface area contributed by atoms with Crippen molar-refractivity contribution in [1.82, 2.24) is 0 Å². The third kappa shape index (κ3) is 3.91. The fraction of sp³-hybridized carbons (Fsp3) is 0.364. The van der Waals surface area contributed by atoms with Gasteiger partial charge in [-0.3, -0.25) is 4.79 Å². The lowest BCUT2D eigenvalue weighted by Gasteiger charge is -1.71. The van der Waals surface area contributed by atoms with Gasteiger partial charge >= 0.3 is 0 Å². The van der Waals surface area contributed by atoms with E-state index in [1.807, 2.05) is 36.4 Å². The van der Waals surface area contributed by atoms with Gasteiger partial charge in [0.25, 0.3) is 0 Å². The average Bonchev–Trinajstić information content (AvgIpc) is 2.60. The Morgan fingerprint density at radius 3 is 1.25 bits per heavy atom. The minimum Gasteiger partial charge on any atom is -0.300 e. The highest BCUT2D eigenvalue weighted by molar-refractivity contribution is 5.79. The van der Waals surface area contributed by atoms with Gasteiger partial charge in [-0.25, -0.2) is 0 Å². The first-order chi connectivity index (χ1) is 5.89. The van der Waals surface area contributed by atoms with Crippen molar-refractivity contribution >= 4 is 5.78 Å². The maximum Gasteiger partial charge on any atom is 0.132 e. The summed E-state index contributed by atoms with van der Waals surface area (Å²) in [6, 6.07) is 12.0. The summed E-state index contributed by atoms with van der Waals surface area (Å²) in [6.45, 7) is 0. The smallest absolute Gasteiger partial charge is 0.132 e. The first-order valence-electron chi connectivity index (χ1n) is 4.41. The zero-order valence-corrected chi connectivity index (χ0v) is 7.20. The van der Waals surface area contributed by atoms with Crippen LogP contribution in [0.3, 0.4) is 0 Å². The van der Waals surface area contributed by atoms with Gasteiger partial charge in [0.15, 0.2) is 0 Å². The minimum absolute atomic E-state index is 0.454. The van der Waals surface area contributed by atoms with Crippen LogP contribution in [0.4, 0.5) is 0 Å². The molecule has 12 heavy (non-hydrogen) atoms. The predicted octanol–water partition coefficient (Wildman–Crippen LogP) is 2.82. The summed E-state index contributed by atoms with van der Waals surface area (Å²) in [5.74, 6) is 0.454. The van der Waals surface area contributed by atoms with Crippen molar-refractivity contribution in [1.29, 1.82) is 0 Å². The van der Waals surface area contributed by atoms with E-state index in [1.165, 1.54) is 0 Å². The molecule has 1 nitrogen and oxygen atoms in total. The number of hydrogen-bond acceptors (Lipinski definition) is 1. The molecule has 0 spiro atoms. The van der Waals surface area contributed by atoms with Crippen molar-refractivity contribution in [3.05, 3.63) is 36.4 Å². The summed E-state index contributed by atoms with van der Waals surface area (Å²) in [5.41, 5.74) is 0. The summed E-state index contributed by atoms with van der Waals surface area (Å²) in [5, 5.41) is 0. The average molecular weight is 162 g/mol. The number of carbonyl (C=O) groups excluding carboxylic acids is 1. The SMILES string of the molecule is O=C1CCCC1.c1ccccc1. The highest BCUT2D eigenvalue weighted by atomic mass is 16.1. The predicted molar refractivity (Wildman–Crippen MR) is 49.9 cm³/mol. The molecule has 0 radical (unpaired) electrons. The maximum absolute atomic E-state index is 10.2. The van der Waals surface area contributed by atoms with Crippen LogP contribution < -0.4 is 0 Å². The van der Waals surface area contributed by atoms with Crippen molar-refractivity contribution in [3.63, 3.8) is 0 Å². The van der Waals surface area contributed by atoms with Gasteiger partial charge in [-0.15, -0.1) is 0 Å². The van der Waals surface area contributed by atoms with E-state index < -0.39 is 0 Å². The van der Waals surface area contributed by atoms with Crippen molar-refractivity contribution < 1.29 is 4.79 Å². The van der Waals surface area contributed by atoms with Gasteiger partial charge in [0, 0.05) is 12.8 Å². The van der Waals surface area contributed by atoms with Gasteiger partial charge < -0.3 is 0 Å². The van der Waals surface area contributed by atoms with E-state index in [4.69, 9.17) is 0 Å². The molecule has 64 valence electrons. The standard InChI is InChI=1S/C6H6.C5H8O/c1-2-4-6-5-3-1;6-5-3-1-2-4-5/h1-6H;1-4H2. The van der Waals surface area contributed by atoms with Crippen LogP contribution >= 0.6 is 0 Å². The van der Waals surface area contributed by atoms with Gasteiger partial charge in [0.2, 0.25) is 0 Å². The van der Waals surface area contributed by atoms with Crippen LogP contribution in [0, 0.1) is 0 Å². The molecule has 2 rings (SSSR count). The van der Waals surface area contributed by atoms with E-state index in [2.05, 4.69) is 0 Å². The molecule has 1 aliphatic rings. The molecule has 0 atom stereocenters. The highest BCUT2D eigenvalue weighted by Crippen LogP contribution is 2.11. The van der Waals surface area contributed by atoms with Crippen molar-refractivity contribution in [2.24, 2.45) is 0 Å². The van der Waals surface area contributed by atoms with E-state index in [-0.39, 0.29) is 0 Å². The van der Waals surface area contributed by atoms with E-state index in [0.717, 1.165) is 25.7 Å². The third-order valence-corrected chi connectivity index (χ3v) is 1.83. The number of Topliss-reactive ketones (excluding diaryl/α,β-unsaturated/α-hetero) is 1. The number of ketones is 1. The Morgan fingerprint density at radius 2 is 1.08 bits per heavy atom. The van der Waals surface area contributed by atoms with Crippen LogP contribution in [-0.4, -0.2) is 5.78 Å². The molecule has 1 fully saturated rings. The molecule has 1 aromatic carbocycles. The van der Waals surface area contributed by atoms with Crippen LogP contribution in [0.2, 0.25) is 0 Å². The fourth-order valence-corrected chi connectivity index (χ4v) is 1.15. The van der Waals surface area contributed by atoms with Crippen molar-refractivity contribution in [3.8, 4) is 0 Å². The van der Waals surface area contributed by atoms with Crippen molar-refractivity contribution in [2.45, 2.75) is 25.7 Å². The summed E-state index contributed by atoms with van der Waals surface area (Å²) < 4.78 is 0. The first kappa shape index (κ1) is 8.98. The molecule has 0 unspecified atom stereocenters. The normalized spacial score (nSPS) is 15.2. The second-order valence-corrected chi connectivity index (χ2v) is 2.90. The second kappa shape index (κ2) is 5.53. The summed E-state index contributed by atoms with van der Waals surface area (Å²) in [6.07, 6.45) is 3.97. The summed E-state index contributed by atoms with van der Waals surface area (Å²) >= 11 is 0. The van der Waals surface area contributed by atoms with E-state index in [0.29, 0.717) is 5.78 Å². The van der Waals surface area contributed by atoms with Gasteiger partial charge in [-0.1, -0.05) is 36.4 Å². The van der Waals surface area contributed by atoms with Crippen LogP contribution in [0.5, 0.6) is 0 Å². The number of benzene rings is 1. The largest absolute Gasteiger partial charge is 0.300 e. The Kier molecular flexibility index (Phi) is 4.14. The van der Waals surface area contributed by atoms with Crippen molar-refractivity contribution in [2.75, 3.05) is 0 Å². The molecule has 1 aromatic rings. The molecule has 0 bridgehead atoms. The Hall–Kier alpha value is -1.11. The molecule has 0 saturated heterocycles. The van der Waals surface area contributed by atoms with E-state index >= 15 is 0 Å². The second-order valence-electron chi connectivity index (χ2n) is 2.90. The lowest BCUT2D eigenvalue weighted by molar-refractivity contribution is -0.117. The fourth-order valence-electron chi connectivity index (χ4n) is 1.15. The first-order valence-corrected chi connectivity index (χ1v) is 4.41. The van der Waals surface area contributed by atoms with Crippen LogP contribution in [0.1, 0.15) is 25.7 Å². The molecule has 1 saturated carbocycles. The third-order valence-electron chi connectivity index (χ3n) is 1.83. The molecule has 1 heteroatoms. The minimum atomic E-state index is 0.454.